The summed E-state index contributed by atoms with van der Waals surface area (Å²) in [6.45, 7) is 0. The minimum atomic E-state index is -0.0566. The number of benzene rings is 10. The second-order valence-corrected chi connectivity index (χ2v) is 18.6. The lowest BCUT2D eigenvalue weighted by molar-refractivity contribution is 0.269. The van der Waals surface area contributed by atoms with Crippen LogP contribution in [0.5, 0.6) is 11.5 Å². The highest BCUT2D eigenvalue weighted by Gasteiger charge is 2.37. The van der Waals surface area contributed by atoms with E-state index < -0.39 is 0 Å². The summed E-state index contributed by atoms with van der Waals surface area (Å²) in [5, 5.41) is 6.93. The zero-order valence-corrected chi connectivity index (χ0v) is 38.3. The maximum Gasteiger partial charge on any atom is 0.148 e. The third-order valence-corrected chi connectivity index (χ3v) is 14.7. The quantitative estimate of drug-likeness (QED) is 0.142. The molecular formula is C66H46N2O2. The molecule has 0 bridgehead atoms. The molecule has 2 heterocycles. The van der Waals surface area contributed by atoms with Crippen molar-refractivity contribution < 1.29 is 9.47 Å². The Morgan fingerprint density at radius 3 is 1.13 bits per heavy atom. The second kappa shape index (κ2) is 16.4. The first-order chi connectivity index (χ1) is 34.7. The molecule has 0 fully saturated rings. The summed E-state index contributed by atoms with van der Waals surface area (Å²) in [6.07, 6.45) is 17.3. The van der Waals surface area contributed by atoms with Gasteiger partial charge in [0.1, 0.15) is 23.7 Å². The van der Waals surface area contributed by atoms with Gasteiger partial charge in [0.25, 0.3) is 0 Å². The summed E-state index contributed by atoms with van der Waals surface area (Å²) in [5.41, 5.74) is 13.3. The second-order valence-electron chi connectivity index (χ2n) is 18.6. The molecule has 2 aliphatic carbocycles. The van der Waals surface area contributed by atoms with E-state index >= 15 is 0 Å². The maximum absolute atomic E-state index is 6.97. The van der Waals surface area contributed by atoms with Crippen molar-refractivity contribution in [2.75, 3.05) is 9.80 Å². The van der Waals surface area contributed by atoms with Crippen molar-refractivity contribution >= 4 is 66.4 Å². The Balaban J connectivity index is 1.03. The molecule has 0 N–H and O–H groups in total. The molecule has 0 saturated heterocycles. The fraction of sp³-hybridized carbons (Fsp3) is 0.0606. The minimum Gasteiger partial charge on any atom is -0.483 e. The summed E-state index contributed by atoms with van der Waals surface area (Å²) in [4.78, 5) is 4.88. The molecule has 2 aliphatic heterocycles. The van der Waals surface area contributed by atoms with E-state index in [1.54, 1.807) is 0 Å². The van der Waals surface area contributed by atoms with Crippen LogP contribution in [0.1, 0.15) is 23.0 Å². The van der Waals surface area contributed by atoms with Crippen LogP contribution in [0.3, 0.4) is 0 Å². The largest absolute Gasteiger partial charge is 0.483 e. The highest BCUT2D eigenvalue weighted by molar-refractivity contribution is 6.25. The first-order valence-corrected chi connectivity index (χ1v) is 24.3. The molecule has 4 unspecified atom stereocenters. The van der Waals surface area contributed by atoms with Gasteiger partial charge in [-0.15, -0.1) is 0 Å². The first-order valence-electron chi connectivity index (χ1n) is 24.3. The number of allylic oxidation sites excluding steroid dienone is 4. The molecule has 70 heavy (non-hydrogen) atoms. The summed E-state index contributed by atoms with van der Waals surface area (Å²) in [6, 6.07) is 75.2. The van der Waals surface area contributed by atoms with E-state index in [2.05, 4.69) is 265 Å². The minimum absolute atomic E-state index is 0.0566. The van der Waals surface area contributed by atoms with Gasteiger partial charge in [-0.2, -0.15) is 0 Å². The van der Waals surface area contributed by atoms with Crippen LogP contribution < -0.4 is 19.3 Å². The molecule has 4 heteroatoms. The van der Waals surface area contributed by atoms with Crippen molar-refractivity contribution in [3.8, 4) is 33.8 Å². The van der Waals surface area contributed by atoms with E-state index in [1.165, 1.54) is 33.0 Å². The first kappa shape index (κ1) is 40.2. The van der Waals surface area contributed by atoms with Crippen molar-refractivity contribution in [2.24, 2.45) is 0 Å². The van der Waals surface area contributed by atoms with Gasteiger partial charge in [-0.05, 0) is 104 Å². The lowest BCUT2D eigenvalue weighted by Gasteiger charge is -2.31. The zero-order valence-electron chi connectivity index (χ0n) is 38.3. The van der Waals surface area contributed by atoms with Gasteiger partial charge in [-0.3, -0.25) is 0 Å². The molecule has 0 aromatic heterocycles. The lowest BCUT2D eigenvalue weighted by Crippen LogP contribution is -2.16. The summed E-state index contributed by atoms with van der Waals surface area (Å²) in [5.74, 6) is 2.13. The normalized spacial score (nSPS) is 18.0. The zero-order chi connectivity index (χ0) is 46.1. The predicted octanol–water partition coefficient (Wildman–Crippen LogP) is 17.4. The standard InChI is InChI=1S/C66H46N2O2/c1-3-19-43(20-4-1)45-23-15-25-47(39-45)67(59-35-17-33-55-53-31-11-13-37-63(53)69-65(55)59)61-41-57-50-28-8-10-30-52(50)62(42-58(57)49-27-7-9-29-51(49)61)68(48-26-16-24-46(40-48)44-21-5-2-6-22-44)60-36-18-34-56-54-32-12-14-38-64(54)70-66(56)60/h1-42,53-54,63-64H. The smallest absolute Gasteiger partial charge is 0.148 e. The Labute approximate surface area is 407 Å². The fourth-order valence-corrected chi connectivity index (χ4v) is 11.5. The van der Waals surface area contributed by atoms with Crippen LogP contribution in [0.2, 0.25) is 0 Å². The highest BCUT2D eigenvalue weighted by atomic mass is 16.5. The van der Waals surface area contributed by atoms with Gasteiger partial charge >= 0.3 is 0 Å². The van der Waals surface area contributed by atoms with Crippen LogP contribution in [0, 0.1) is 0 Å². The van der Waals surface area contributed by atoms with Gasteiger partial charge in [0, 0.05) is 45.1 Å². The lowest BCUT2D eigenvalue weighted by atomic mass is 9.91. The van der Waals surface area contributed by atoms with Gasteiger partial charge in [0.15, 0.2) is 0 Å². The van der Waals surface area contributed by atoms with Crippen molar-refractivity contribution in [1.29, 1.82) is 0 Å². The van der Waals surface area contributed by atoms with E-state index in [-0.39, 0.29) is 24.0 Å². The molecule has 0 radical (unpaired) electrons. The molecule has 4 nitrogen and oxygen atoms in total. The average molecular weight is 899 g/mol. The average Bonchev–Trinajstić information content (AvgIpc) is 4.02. The van der Waals surface area contributed by atoms with Crippen molar-refractivity contribution in [2.45, 2.75) is 24.0 Å². The topological polar surface area (TPSA) is 24.9 Å². The van der Waals surface area contributed by atoms with Crippen molar-refractivity contribution in [3.63, 3.8) is 0 Å². The molecule has 4 atom stereocenters. The predicted molar refractivity (Wildman–Crippen MR) is 290 cm³/mol. The number of anilines is 6. The summed E-state index contributed by atoms with van der Waals surface area (Å²) >= 11 is 0. The van der Waals surface area contributed by atoms with Gasteiger partial charge < -0.3 is 19.3 Å². The number of para-hydroxylation sites is 2. The van der Waals surface area contributed by atoms with Crippen LogP contribution in [0.4, 0.5) is 34.1 Å². The number of hydrogen-bond donors (Lipinski definition) is 0. The van der Waals surface area contributed by atoms with Gasteiger partial charge in [-0.25, -0.2) is 0 Å². The Morgan fingerprint density at radius 2 is 0.671 bits per heavy atom. The highest BCUT2D eigenvalue weighted by Crippen LogP contribution is 2.55. The van der Waals surface area contributed by atoms with E-state index in [1.807, 2.05) is 0 Å². The molecule has 4 aliphatic rings. The van der Waals surface area contributed by atoms with Crippen LogP contribution in [0.25, 0.3) is 54.6 Å². The summed E-state index contributed by atoms with van der Waals surface area (Å²) < 4.78 is 13.9. The Bertz CT molecular complexity index is 3580. The monoisotopic (exact) mass is 898 g/mol. The molecule has 14 rings (SSSR count). The Hall–Kier alpha value is -8.86. The third kappa shape index (κ3) is 6.52. The van der Waals surface area contributed by atoms with Gasteiger partial charge in [0.05, 0.1) is 22.7 Å². The van der Waals surface area contributed by atoms with Crippen LogP contribution in [-0.2, 0) is 0 Å². The Morgan fingerprint density at radius 1 is 0.286 bits per heavy atom. The molecular weight excluding hydrogens is 853 g/mol. The number of rotatable bonds is 8. The third-order valence-electron chi connectivity index (χ3n) is 14.7. The summed E-state index contributed by atoms with van der Waals surface area (Å²) in [7, 11) is 0. The molecule has 0 spiro atoms. The van der Waals surface area contributed by atoms with E-state index in [0.29, 0.717) is 0 Å². The number of ether oxygens (including phenoxy) is 2. The van der Waals surface area contributed by atoms with E-state index in [4.69, 9.17) is 9.47 Å². The molecule has 10 aromatic carbocycles. The van der Waals surface area contributed by atoms with Crippen LogP contribution in [-0.4, -0.2) is 12.2 Å². The van der Waals surface area contributed by atoms with Gasteiger partial charge in [0.2, 0.25) is 0 Å². The Kier molecular flexibility index (Phi) is 9.44. The maximum atomic E-state index is 6.97. The number of fused-ring (bicyclic) bond motifs is 11. The van der Waals surface area contributed by atoms with Crippen LogP contribution in [0.15, 0.2) is 255 Å². The SMILES string of the molecule is C1=CC2Oc3c(cccc3N(c3cccc(-c4ccccc4)c3)c3cc4c5ccccc5c(N(c5cccc(-c6ccccc6)c5)c5cccc6c5OC5C=CC=CC65)cc4c4ccccc34)C2C=C1. The molecule has 332 valence electrons. The van der Waals surface area contributed by atoms with E-state index in [9.17, 15) is 0 Å². The van der Waals surface area contributed by atoms with Crippen molar-refractivity contribution in [3.05, 3.63) is 266 Å². The van der Waals surface area contributed by atoms with Crippen molar-refractivity contribution in [1.82, 2.24) is 0 Å². The fourth-order valence-electron chi connectivity index (χ4n) is 11.5. The molecule has 10 aromatic rings. The van der Waals surface area contributed by atoms with E-state index in [0.717, 1.165) is 78.3 Å². The van der Waals surface area contributed by atoms with Crippen LogP contribution >= 0.6 is 0 Å². The number of nitrogens with zero attached hydrogens (tertiary/aromatic N) is 2. The van der Waals surface area contributed by atoms with Gasteiger partial charge in [-0.1, -0.05) is 194 Å². The molecule has 0 amide bonds. The molecule has 0 saturated carbocycles. The number of hydrogen-bond acceptors (Lipinski definition) is 4.